The molecule has 20 nitrogen and oxygen atoms in total. The molecule has 0 aliphatic carbocycles. The number of hydrogen-bond donors (Lipinski definition) is 7. The number of ketones is 3. The van der Waals surface area contributed by atoms with Crippen LogP contribution in [0, 0.1) is 33.7 Å². The average Bonchev–Trinajstić information content (AvgIpc) is 0.851. The Hall–Kier alpha value is -9.95. The van der Waals surface area contributed by atoms with Crippen LogP contribution >= 0.6 is 69.6 Å². The van der Waals surface area contributed by atoms with E-state index in [0.717, 1.165) is 25.6 Å². The van der Waals surface area contributed by atoms with E-state index in [9.17, 15) is 41.9 Å². The molecule has 2 aliphatic heterocycles. The molecule has 506 valence electrons. The first kappa shape index (κ1) is 73.3. The third-order valence-corrected chi connectivity index (χ3v) is 16.5. The number of carbonyl (C=O) groups excluding carboxylic acids is 6. The number of rotatable bonds is 18. The van der Waals surface area contributed by atoms with E-state index >= 15 is 0 Å². The summed E-state index contributed by atoms with van der Waals surface area (Å²) < 4.78 is 49.3. The fourth-order valence-corrected chi connectivity index (χ4v) is 10.7. The topological polar surface area (TPSA) is 300 Å². The van der Waals surface area contributed by atoms with Crippen molar-refractivity contribution in [1.29, 1.82) is 16.2 Å². The Morgan fingerprint density at radius 3 is 1.03 bits per heavy atom. The van der Waals surface area contributed by atoms with E-state index in [4.69, 9.17) is 96.5 Å². The summed E-state index contributed by atoms with van der Waals surface area (Å²) in [6, 6.07) is 34.8. The van der Waals surface area contributed by atoms with Gasteiger partial charge in [-0.3, -0.25) is 45.0 Å². The molecule has 0 bridgehead atoms. The number of carbonyl (C=O) groups is 6. The van der Waals surface area contributed by atoms with Crippen LogP contribution in [0.25, 0.3) is 0 Å². The fourth-order valence-electron chi connectivity index (χ4n) is 9.87. The minimum atomic E-state index is -0.838. The molecule has 0 radical (unpaired) electrons. The highest BCUT2D eigenvalue weighted by molar-refractivity contribution is 6.33. The van der Waals surface area contributed by atoms with Crippen LogP contribution in [0.3, 0.4) is 0 Å². The molecule has 29 heteroatoms. The second-order valence-corrected chi connectivity index (χ2v) is 24.4. The number of likely N-dealkylation sites (tertiary alicyclic amines) is 1. The van der Waals surface area contributed by atoms with Gasteiger partial charge in [-0.15, -0.1) is 0 Å². The SMILES string of the molecule is N=C(ON)c1ccc(C(=O)Cc2ccc(Cl)cc2C(=O)Nc2ccc(Cl)cn2)c(F)c1.N=C(c1ccc(C(=O)Cc2ccc(Cl)cc2C(=O)Nc2ccc(Cl)cn2)c(F)c1)N1CCC1.N=C(c1ccc(C(=O)Cc2ccc(Cl)cc2C(=O)Nc2ccc(Cl)cn2)c(F)c1)N1CCOCC1. The zero-order valence-electron chi connectivity index (χ0n) is 51.6. The van der Waals surface area contributed by atoms with Crippen molar-refractivity contribution in [3.8, 4) is 0 Å². The molecular formula is C70H55Cl6F3N12O8. The third-order valence-electron chi connectivity index (χ3n) is 15.1. The lowest BCUT2D eigenvalue weighted by Crippen LogP contribution is -2.42. The molecule has 0 unspecified atom stereocenters. The number of amidine groups is 2. The average molecular weight is 1460 g/mol. The van der Waals surface area contributed by atoms with Crippen LogP contribution in [0.15, 0.2) is 164 Å². The molecule has 0 saturated carbocycles. The number of amides is 3. The Bertz CT molecular complexity index is 4610. The van der Waals surface area contributed by atoms with Gasteiger partial charge in [0, 0.05) is 112 Å². The van der Waals surface area contributed by atoms with Crippen LogP contribution in [0.4, 0.5) is 30.6 Å². The molecule has 9 aromatic rings. The molecule has 99 heavy (non-hydrogen) atoms. The molecule has 2 fully saturated rings. The summed E-state index contributed by atoms with van der Waals surface area (Å²) in [6.07, 6.45) is 4.50. The van der Waals surface area contributed by atoms with Crippen molar-refractivity contribution in [2.24, 2.45) is 5.90 Å². The van der Waals surface area contributed by atoms with Crippen LogP contribution in [-0.2, 0) is 28.8 Å². The number of morpholine rings is 1. The predicted molar refractivity (Wildman–Crippen MR) is 374 cm³/mol. The maximum Gasteiger partial charge on any atom is 0.257 e. The normalized spacial score (nSPS) is 12.3. The maximum atomic E-state index is 14.9. The van der Waals surface area contributed by atoms with E-state index in [1.165, 1.54) is 91.4 Å². The zero-order valence-corrected chi connectivity index (χ0v) is 56.2. The van der Waals surface area contributed by atoms with Gasteiger partial charge in [0.25, 0.3) is 17.7 Å². The van der Waals surface area contributed by atoms with E-state index in [1.54, 1.807) is 71.6 Å². The number of halogens is 9. The van der Waals surface area contributed by atoms with Gasteiger partial charge >= 0.3 is 0 Å². The lowest BCUT2D eigenvalue weighted by molar-refractivity contribution is 0.0679. The van der Waals surface area contributed by atoms with E-state index in [1.807, 2.05) is 4.90 Å². The fraction of sp³-hybridized carbons (Fsp3) is 0.143. The second-order valence-electron chi connectivity index (χ2n) is 21.8. The van der Waals surface area contributed by atoms with Gasteiger partial charge in [0.15, 0.2) is 17.3 Å². The minimum absolute atomic E-state index is 0.0820. The first-order valence-electron chi connectivity index (χ1n) is 29.7. The molecule has 8 N–H and O–H groups in total. The number of nitrogens with one attached hydrogen (secondary N) is 6. The number of Topliss-reactive ketones (excluding diaryl/α,β-unsaturated/α-hetero) is 3. The summed E-state index contributed by atoms with van der Waals surface area (Å²) in [5.41, 5.74) is 2.10. The Labute approximate surface area is 594 Å². The van der Waals surface area contributed by atoms with Gasteiger partial charge in [-0.25, -0.2) is 28.1 Å². The number of ether oxygens (including phenoxy) is 1. The summed E-state index contributed by atoms with van der Waals surface area (Å²) in [7, 11) is 0. The van der Waals surface area contributed by atoms with Crippen molar-refractivity contribution in [2.75, 3.05) is 55.3 Å². The van der Waals surface area contributed by atoms with Crippen molar-refractivity contribution in [1.82, 2.24) is 24.8 Å². The Balaban J connectivity index is 0.000000174. The zero-order chi connectivity index (χ0) is 71.0. The number of aromatic nitrogens is 3. The van der Waals surface area contributed by atoms with Gasteiger partial charge in [-0.05, 0) is 138 Å². The Kier molecular flexibility index (Phi) is 25.2. The van der Waals surface area contributed by atoms with E-state index < -0.39 is 58.4 Å². The van der Waals surface area contributed by atoms with Crippen molar-refractivity contribution >= 4 is 140 Å². The van der Waals surface area contributed by atoms with Crippen molar-refractivity contribution in [3.63, 3.8) is 0 Å². The number of pyridine rings is 3. The summed E-state index contributed by atoms with van der Waals surface area (Å²) in [5.74, 6) is 0.324. The lowest BCUT2D eigenvalue weighted by Gasteiger charge is -2.33. The summed E-state index contributed by atoms with van der Waals surface area (Å²) in [4.78, 5) is 96.9. The highest BCUT2D eigenvalue weighted by atomic mass is 35.5. The predicted octanol–water partition coefficient (Wildman–Crippen LogP) is 14.5. The van der Waals surface area contributed by atoms with Crippen LogP contribution in [0.5, 0.6) is 0 Å². The first-order chi connectivity index (χ1) is 47.4. The number of nitrogens with two attached hydrogens (primary N) is 1. The van der Waals surface area contributed by atoms with Gasteiger partial charge < -0.3 is 35.3 Å². The molecule has 0 atom stereocenters. The van der Waals surface area contributed by atoms with Crippen molar-refractivity contribution < 1.29 is 51.5 Å². The van der Waals surface area contributed by atoms with Crippen LogP contribution in [0.2, 0.25) is 30.1 Å². The highest BCUT2D eigenvalue weighted by Crippen LogP contribution is 2.27. The Morgan fingerprint density at radius 2 is 0.737 bits per heavy atom. The maximum absolute atomic E-state index is 14.9. The second kappa shape index (κ2) is 34.0. The van der Waals surface area contributed by atoms with Gasteiger partial charge in [0.2, 0.25) is 5.90 Å². The third kappa shape index (κ3) is 19.7. The van der Waals surface area contributed by atoms with Crippen LogP contribution in [0.1, 0.15) is 102 Å². The van der Waals surface area contributed by atoms with Crippen molar-refractivity contribution in [2.45, 2.75) is 25.7 Å². The molecule has 3 aromatic heterocycles. The Morgan fingerprint density at radius 1 is 0.424 bits per heavy atom. The van der Waals surface area contributed by atoms with Gasteiger partial charge in [-0.2, -0.15) is 5.90 Å². The summed E-state index contributed by atoms with van der Waals surface area (Å²) in [6.45, 7) is 3.66. The number of nitrogens with zero attached hydrogens (tertiary/aromatic N) is 5. The highest BCUT2D eigenvalue weighted by Gasteiger charge is 2.26. The quantitative estimate of drug-likeness (QED) is 0.0182. The van der Waals surface area contributed by atoms with Crippen molar-refractivity contribution in [3.05, 3.63) is 279 Å². The van der Waals surface area contributed by atoms with E-state index in [0.29, 0.717) is 84.3 Å². The number of benzene rings is 6. The van der Waals surface area contributed by atoms with Gasteiger partial charge in [0.05, 0.1) is 45.0 Å². The van der Waals surface area contributed by atoms with Crippen LogP contribution in [-0.4, -0.2) is 117 Å². The largest absolute Gasteiger partial charge is 0.391 e. The molecular weight excluding hydrogens is 1410 g/mol. The molecule has 6 aromatic carbocycles. The first-order valence-corrected chi connectivity index (χ1v) is 32.0. The molecule has 11 rings (SSSR count). The van der Waals surface area contributed by atoms with E-state index in [-0.39, 0.29) is 87.3 Å². The monoisotopic (exact) mass is 1460 g/mol. The van der Waals surface area contributed by atoms with Gasteiger partial charge in [0.1, 0.15) is 46.6 Å². The number of anilines is 3. The molecule has 2 saturated heterocycles. The number of hydrogen-bond acceptors (Lipinski definition) is 15. The molecule has 0 spiro atoms. The molecule has 2 aliphatic rings. The standard InChI is InChI=1S/C25H21Cl2FN4O3.C24H19Cl2FN4O2.C21H15Cl2FN4O3/c26-17-3-1-15(20(13-17)25(34)31-23-6-4-18(27)14-30-23)12-22(33)19-5-2-16(11-21(19)28)24(29)32-7-9-35-10-8-32;25-16-4-2-14(19(12-16)24(33)30-22-7-5-17(26)13-29-22)11-21(32)18-6-3-15(10-20(18)27)23(28)31-8-1-9-31;22-13-3-1-11(16(9-13)21(30)28-19-6-4-14(23)10-27-19)8-18(29)15-5-2-12(7-17(15)24)20(25)31-26/h1-6,11,13-14,29H,7-10,12H2,(H,30,31,34);2-7,10,12-13,28H,1,8-9,11H2,(H,29,30,33);1-7,9-10,25H,8,26H2,(H,27,28,30). The lowest BCUT2D eigenvalue weighted by atomic mass is 9.97. The van der Waals surface area contributed by atoms with E-state index in [2.05, 4.69) is 35.7 Å². The van der Waals surface area contributed by atoms with Crippen LogP contribution < -0.4 is 21.8 Å². The smallest absolute Gasteiger partial charge is 0.257 e. The van der Waals surface area contributed by atoms with Gasteiger partial charge in [-0.1, -0.05) is 99.9 Å². The molecule has 5 heterocycles. The summed E-state index contributed by atoms with van der Waals surface area (Å²) in [5, 5.41) is 34.0. The summed E-state index contributed by atoms with van der Waals surface area (Å²) >= 11 is 35.6. The minimum Gasteiger partial charge on any atom is -0.391 e. The molecule has 3 amide bonds.